The third-order valence-electron chi connectivity index (χ3n) is 4.62. The van der Waals surface area contributed by atoms with Crippen LogP contribution >= 0.6 is 0 Å². The lowest BCUT2D eigenvalue weighted by Crippen LogP contribution is -2.66. The van der Waals surface area contributed by atoms with Gasteiger partial charge in [-0.3, -0.25) is 4.90 Å². The lowest BCUT2D eigenvalue weighted by Gasteiger charge is -2.50. The van der Waals surface area contributed by atoms with Gasteiger partial charge in [-0.25, -0.2) is 9.59 Å². The Labute approximate surface area is 137 Å². The van der Waals surface area contributed by atoms with E-state index in [-0.39, 0.29) is 13.2 Å². The van der Waals surface area contributed by atoms with Crippen LogP contribution in [0.3, 0.4) is 0 Å². The van der Waals surface area contributed by atoms with Crippen LogP contribution in [0.15, 0.2) is 0 Å². The second-order valence-corrected chi connectivity index (χ2v) is 8.11. The summed E-state index contributed by atoms with van der Waals surface area (Å²) in [5, 5.41) is 19.7. The summed E-state index contributed by atoms with van der Waals surface area (Å²) in [6.45, 7) is 11.0. The Morgan fingerprint density at radius 2 is 1.78 bits per heavy atom. The third-order valence-corrected chi connectivity index (χ3v) is 4.62. The number of terminal acetylenes is 1. The average Bonchev–Trinajstić information content (AvgIpc) is 2.71. The zero-order chi connectivity index (χ0) is 18.2. The predicted molar refractivity (Wildman–Crippen MR) is 86.1 cm³/mol. The predicted octanol–water partition coefficient (Wildman–Crippen LogP) is 2.53. The molecule has 1 aliphatic rings. The summed E-state index contributed by atoms with van der Waals surface area (Å²) < 4.78 is 5.67. The molecular weight excluding hydrogens is 298 g/mol. The van der Waals surface area contributed by atoms with Gasteiger partial charge in [-0.2, -0.15) is 0 Å². The summed E-state index contributed by atoms with van der Waals surface area (Å²) in [7, 11) is 0. The number of hydrogen-bond acceptors (Lipinski definition) is 3. The van der Waals surface area contributed by atoms with E-state index in [2.05, 4.69) is 5.92 Å². The molecule has 6 heteroatoms. The Bertz CT molecular complexity index is 523. The van der Waals surface area contributed by atoms with Gasteiger partial charge in [0, 0.05) is 5.92 Å². The maximum atomic E-state index is 12.4. The molecule has 0 aromatic heterocycles. The molecule has 1 aliphatic heterocycles. The van der Waals surface area contributed by atoms with Crippen molar-refractivity contribution in [1.29, 1.82) is 0 Å². The summed E-state index contributed by atoms with van der Waals surface area (Å²) >= 11 is 0. The van der Waals surface area contributed by atoms with Gasteiger partial charge in [0.1, 0.15) is 6.61 Å². The lowest BCUT2D eigenvalue weighted by molar-refractivity contribution is -0.165. The number of carboxylic acid groups (broad SMARTS) is 2. The van der Waals surface area contributed by atoms with E-state index in [0.717, 1.165) is 4.90 Å². The molecule has 1 saturated heterocycles. The molecule has 3 atom stereocenters. The quantitative estimate of drug-likeness (QED) is 0.779. The first kappa shape index (κ1) is 19.3. The Morgan fingerprint density at radius 3 is 2.09 bits per heavy atom. The monoisotopic (exact) mass is 325 g/mol. The number of likely N-dealkylation sites (tertiary alicyclic amines) is 1. The third kappa shape index (κ3) is 3.02. The van der Waals surface area contributed by atoms with Gasteiger partial charge in [-0.05, 0) is 10.8 Å². The number of carboxylic acids is 1. The summed E-state index contributed by atoms with van der Waals surface area (Å²) in [5.41, 5.74) is -2.92. The number of rotatable bonds is 3. The normalized spacial score (nSPS) is 28.5. The molecule has 0 aromatic rings. The van der Waals surface area contributed by atoms with E-state index in [1.165, 1.54) is 0 Å². The minimum absolute atomic E-state index is 0.0114. The van der Waals surface area contributed by atoms with Crippen molar-refractivity contribution in [2.45, 2.75) is 53.2 Å². The molecule has 130 valence electrons. The topological polar surface area (TPSA) is 87.1 Å². The molecule has 1 heterocycles. The number of nitrogens with zero attached hydrogens (tertiary/aromatic N) is 1. The van der Waals surface area contributed by atoms with Crippen molar-refractivity contribution in [3.63, 3.8) is 0 Å². The zero-order valence-electron chi connectivity index (χ0n) is 14.7. The fourth-order valence-corrected chi connectivity index (χ4v) is 4.02. The van der Waals surface area contributed by atoms with E-state index in [0.29, 0.717) is 0 Å². The van der Waals surface area contributed by atoms with E-state index < -0.39 is 40.5 Å². The summed E-state index contributed by atoms with van der Waals surface area (Å²) in [5.74, 6) is 0.672. The molecule has 1 fully saturated rings. The SMILES string of the molecule is C#CCO[C@H]1CN(C(=O)O)[C@](C(=O)O)(C(C)(C)C)C1C(C)(C)C. The summed E-state index contributed by atoms with van der Waals surface area (Å²) in [4.78, 5) is 25.2. The molecule has 1 amide bonds. The Kier molecular flexibility index (Phi) is 5.07. The first-order chi connectivity index (χ1) is 10.3. The highest BCUT2D eigenvalue weighted by Crippen LogP contribution is 2.54. The molecule has 0 spiro atoms. The molecular formula is C17H27NO5. The highest BCUT2D eigenvalue weighted by molar-refractivity contribution is 5.86. The largest absolute Gasteiger partial charge is 0.479 e. The van der Waals surface area contributed by atoms with E-state index in [4.69, 9.17) is 11.2 Å². The van der Waals surface area contributed by atoms with Crippen LogP contribution in [0.4, 0.5) is 4.79 Å². The molecule has 23 heavy (non-hydrogen) atoms. The average molecular weight is 325 g/mol. The first-order valence-electron chi connectivity index (χ1n) is 7.60. The van der Waals surface area contributed by atoms with E-state index in [1.54, 1.807) is 20.8 Å². The van der Waals surface area contributed by atoms with E-state index in [1.807, 2.05) is 20.8 Å². The number of carbonyl (C=O) groups is 2. The van der Waals surface area contributed by atoms with Crippen molar-refractivity contribution in [1.82, 2.24) is 4.90 Å². The van der Waals surface area contributed by atoms with Gasteiger partial charge >= 0.3 is 12.1 Å². The van der Waals surface area contributed by atoms with Crippen molar-refractivity contribution in [2.75, 3.05) is 13.2 Å². The first-order valence-corrected chi connectivity index (χ1v) is 7.60. The minimum Gasteiger partial charge on any atom is -0.479 e. The molecule has 6 nitrogen and oxygen atoms in total. The second kappa shape index (κ2) is 6.04. The van der Waals surface area contributed by atoms with Gasteiger partial charge in [0.15, 0.2) is 5.54 Å². The fraction of sp³-hybridized carbons (Fsp3) is 0.765. The van der Waals surface area contributed by atoms with Crippen LogP contribution in [-0.2, 0) is 9.53 Å². The number of ether oxygens (including phenoxy) is 1. The Morgan fingerprint density at radius 1 is 1.26 bits per heavy atom. The van der Waals surface area contributed by atoms with Crippen LogP contribution in [0.2, 0.25) is 0 Å². The molecule has 0 aromatic carbocycles. The van der Waals surface area contributed by atoms with Crippen LogP contribution < -0.4 is 0 Å². The number of aliphatic carboxylic acids is 1. The van der Waals surface area contributed by atoms with E-state index in [9.17, 15) is 19.8 Å². The summed E-state index contributed by atoms with van der Waals surface area (Å²) in [6, 6.07) is 0. The fourth-order valence-electron chi connectivity index (χ4n) is 4.02. The van der Waals surface area contributed by atoms with Crippen molar-refractivity contribution >= 4 is 12.1 Å². The van der Waals surface area contributed by atoms with Crippen molar-refractivity contribution in [3.05, 3.63) is 0 Å². The van der Waals surface area contributed by atoms with Crippen LogP contribution in [0.1, 0.15) is 41.5 Å². The molecule has 1 unspecified atom stereocenters. The van der Waals surface area contributed by atoms with Gasteiger partial charge < -0.3 is 14.9 Å². The maximum absolute atomic E-state index is 12.4. The second-order valence-electron chi connectivity index (χ2n) is 8.11. The van der Waals surface area contributed by atoms with Crippen LogP contribution in [0.25, 0.3) is 0 Å². The molecule has 1 rings (SSSR count). The van der Waals surface area contributed by atoms with Gasteiger partial charge in [-0.15, -0.1) is 6.42 Å². The van der Waals surface area contributed by atoms with Gasteiger partial charge in [0.25, 0.3) is 0 Å². The van der Waals surface area contributed by atoms with Crippen LogP contribution in [-0.4, -0.2) is 52.0 Å². The molecule has 2 N–H and O–H groups in total. The zero-order valence-corrected chi connectivity index (χ0v) is 14.7. The number of amides is 1. The molecule has 0 radical (unpaired) electrons. The van der Waals surface area contributed by atoms with E-state index >= 15 is 0 Å². The standard InChI is InChI=1S/C17H27NO5/c1-8-9-23-11-10-18(14(21)22)17(13(19)20,16(5,6)7)12(11)15(2,3)4/h1,11-12H,9-10H2,2-7H3,(H,19,20)(H,21,22)/t11-,12?,17+/m0/s1. The Hall–Kier alpha value is -1.74. The van der Waals surface area contributed by atoms with Crippen LogP contribution in [0, 0.1) is 29.1 Å². The Balaban J connectivity index is 3.64. The van der Waals surface area contributed by atoms with Gasteiger partial charge in [0.2, 0.25) is 0 Å². The van der Waals surface area contributed by atoms with Crippen molar-refractivity contribution in [2.24, 2.45) is 16.7 Å². The molecule has 0 aliphatic carbocycles. The van der Waals surface area contributed by atoms with Gasteiger partial charge in [-0.1, -0.05) is 47.5 Å². The molecule has 0 bridgehead atoms. The maximum Gasteiger partial charge on any atom is 0.408 e. The van der Waals surface area contributed by atoms with Crippen LogP contribution in [0.5, 0.6) is 0 Å². The van der Waals surface area contributed by atoms with Crippen molar-refractivity contribution in [3.8, 4) is 12.3 Å². The minimum atomic E-state index is -1.60. The molecule has 0 saturated carbocycles. The lowest BCUT2D eigenvalue weighted by atomic mass is 9.58. The summed E-state index contributed by atoms with van der Waals surface area (Å²) in [6.07, 6.45) is 3.41. The highest BCUT2D eigenvalue weighted by Gasteiger charge is 2.69. The van der Waals surface area contributed by atoms with Crippen molar-refractivity contribution < 1.29 is 24.5 Å². The number of hydrogen-bond donors (Lipinski definition) is 2. The smallest absolute Gasteiger partial charge is 0.408 e. The highest BCUT2D eigenvalue weighted by atomic mass is 16.5. The van der Waals surface area contributed by atoms with Gasteiger partial charge in [0.05, 0.1) is 12.6 Å².